The second-order valence-corrected chi connectivity index (χ2v) is 6.38. The molecular formula is C19H29N3O3. The second kappa shape index (κ2) is 9.91. The van der Waals surface area contributed by atoms with Gasteiger partial charge in [-0.1, -0.05) is 18.2 Å². The maximum atomic E-state index is 11.6. The van der Waals surface area contributed by atoms with E-state index in [4.69, 9.17) is 9.47 Å². The molecule has 0 aliphatic carbocycles. The maximum Gasteiger partial charge on any atom is 0.307 e. The number of piperidine rings is 1. The lowest BCUT2D eigenvalue weighted by Crippen LogP contribution is -2.47. The number of para-hydroxylation sites is 1. The number of nitrogens with one attached hydrogen (secondary N) is 1. The summed E-state index contributed by atoms with van der Waals surface area (Å²) < 4.78 is 11.2. The molecule has 1 fully saturated rings. The van der Waals surface area contributed by atoms with Gasteiger partial charge in [-0.25, -0.2) is 0 Å². The molecule has 1 aliphatic heterocycles. The number of ether oxygens (including phenoxy) is 2. The van der Waals surface area contributed by atoms with Gasteiger partial charge >= 0.3 is 5.97 Å². The third-order valence-corrected chi connectivity index (χ3v) is 3.98. The van der Waals surface area contributed by atoms with E-state index in [0.29, 0.717) is 13.0 Å². The number of likely N-dealkylation sites (tertiary alicyclic amines) is 1. The number of rotatable bonds is 6. The van der Waals surface area contributed by atoms with Gasteiger partial charge in [-0.15, -0.1) is 0 Å². The van der Waals surface area contributed by atoms with Crippen molar-refractivity contribution in [3.05, 3.63) is 30.3 Å². The standard InChI is InChI=1S/C19H29N3O3/c1-15(2)24-18(23)9-12-21-19(20-3)22-13-10-17(11-14-22)25-16-7-5-4-6-8-16/h4-8,15,17H,9-14H2,1-3H3,(H,20,21). The summed E-state index contributed by atoms with van der Waals surface area (Å²) in [6, 6.07) is 9.94. The minimum atomic E-state index is -0.187. The highest BCUT2D eigenvalue weighted by Crippen LogP contribution is 2.18. The summed E-state index contributed by atoms with van der Waals surface area (Å²) in [6.07, 6.45) is 2.40. The van der Waals surface area contributed by atoms with Crippen molar-refractivity contribution < 1.29 is 14.3 Å². The molecule has 0 radical (unpaired) electrons. The maximum absolute atomic E-state index is 11.6. The van der Waals surface area contributed by atoms with Crippen molar-refractivity contribution in [1.82, 2.24) is 10.2 Å². The highest BCUT2D eigenvalue weighted by Gasteiger charge is 2.22. The van der Waals surface area contributed by atoms with Crippen LogP contribution in [-0.4, -0.2) is 55.7 Å². The third-order valence-electron chi connectivity index (χ3n) is 3.98. The molecule has 0 spiro atoms. The van der Waals surface area contributed by atoms with Crippen molar-refractivity contribution in [2.75, 3.05) is 26.7 Å². The van der Waals surface area contributed by atoms with Crippen LogP contribution in [0, 0.1) is 0 Å². The van der Waals surface area contributed by atoms with Gasteiger partial charge in [0.25, 0.3) is 0 Å². The molecule has 25 heavy (non-hydrogen) atoms. The number of nitrogens with zero attached hydrogens (tertiary/aromatic N) is 2. The number of esters is 1. The summed E-state index contributed by atoms with van der Waals surface area (Å²) in [4.78, 5) is 18.1. The minimum absolute atomic E-state index is 0.0737. The first-order valence-electron chi connectivity index (χ1n) is 8.95. The molecule has 1 saturated heterocycles. The Morgan fingerprint density at radius 3 is 2.56 bits per heavy atom. The number of hydrogen-bond donors (Lipinski definition) is 1. The molecule has 138 valence electrons. The Labute approximate surface area is 150 Å². The molecule has 0 unspecified atom stereocenters. The van der Waals surface area contributed by atoms with Crippen LogP contribution >= 0.6 is 0 Å². The normalized spacial score (nSPS) is 16.0. The average Bonchev–Trinajstić information content (AvgIpc) is 2.60. The molecule has 1 aliphatic rings. The summed E-state index contributed by atoms with van der Waals surface area (Å²) in [7, 11) is 1.77. The van der Waals surface area contributed by atoms with Crippen LogP contribution < -0.4 is 10.1 Å². The van der Waals surface area contributed by atoms with Crippen LogP contribution in [0.5, 0.6) is 5.75 Å². The fourth-order valence-electron chi connectivity index (χ4n) is 2.81. The van der Waals surface area contributed by atoms with Gasteiger partial charge in [0.05, 0.1) is 12.5 Å². The molecule has 1 aromatic carbocycles. The predicted molar refractivity (Wildman–Crippen MR) is 98.9 cm³/mol. The van der Waals surface area contributed by atoms with Gasteiger partial charge in [0.2, 0.25) is 0 Å². The fourth-order valence-corrected chi connectivity index (χ4v) is 2.81. The third kappa shape index (κ3) is 6.64. The first-order chi connectivity index (χ1) is 12.1. The van der Waals surface area contributed by atoms with Gasteiger partial charge < -0.3 is 19.7 Å². The lowest BCUT2D eigenvalue weighted by Gasteiger charge is -2.34. The highest BCUT2D eigenvalue weighted by molar-refractivity contribution is 5.80. The van der Waals surface area contributed by atoms with E-state index in [-0.39, 0.29) is 18.2 Å². The van der Waals surface area contributed by atoms with Gasteiger partial charge in [0.1, 0.15) is 11.9 Å². The molecule has 0 saturated carbocycles. The summed E-state index contributed by atoms with van der Waals surface area (Å²) in [5.41, 5.74) is 0. The molecular weight excluding hydrogens is 318 g/mol. The monoisotopic (exact) mass is 347 g/mol. The largest absolute Gasteiger partial charge is 0.490 e. The number of carbonyl (C=O) groups excluding carboxylic acids is 1. The zero-order valence-electron chi connectivity index (χ0n) is 15.4. The van der Waals surface area contributed by atoms with E-state index in [0.717, 1.165) is 37.6 Å². The Bertz CT molecular complexity index is 552. The SMILES string of the molecule is CN=C(NCCC(=O)OC(C)C)N1CCC(Oc2ccccc2)CC1. The zero-order valence-corrected chi connectivity index (χ0v) is 15.4. The molecule has 6 nitrogen and oxygen atoms in total. The van der Waals surface area contributed by atoms with E-state index in [1.165, 1.54) is 0 Å². The summed E-state index contributed by atoms with van der Waals surface area (Å²) in [5.74, 6) is 1.57. The smallest absolute Gasteiger partial charge is 0.307 e. The topological polar surface area (TPSA) is 63.2 Å². The molecule has 1 heterocycles. The van der Waals surface area contributed by atoms with Gasteiger partial charge in [-0.3, -0.25) is 9.79 Å². The average molecular weight is 347 g/mol. The number of guanidine groups is 1. The summed E-state index contributed by atoms with van der Waals surface area (Å²) in [5, 5.41) is 3.24. The molecule has 0 amide bonds. The van der Waals surface area contributed by atoms with Gasteiger partial charge in [0.15, 0.2) is 5.96 Å². The fraction of sp³-hybridized carbons (Fsp3) is 0.579. The summed E-state index contributed by atoms with van der Waals surface area (Å²) >= 11 is 0. The summed E-state index contributed by atoms with van der Waals surface area (Å²) in [6.45, 7) is 6.00. The molecule has 1 aromatic rings. The lowest BCUT2D eigenvalue weighted by molar-refractivity contribution is -0.147. The van der Waals surface area contributed by atoms with Crippen LogP contribution in [-0.2, 0) is 9.53 Å². The highest BCUT2D eigenvalue weighted by atomic mass is 16.5. The Hall–Kier alpha value is -2.24. The van der Waals surface area contributed by atoms with Crippen LogP contribution in [0.25, 0.3) is 0 Å². The number of aliphatic imine (C=N–C) groups is 1. The van der Waals surface area contributed by atoms with E-state index in [2.05, 4.69) is 15.2 Å². The van der Waals surface area contributed by atoms with E-state index in [1.54, 1.807) is 7.05 Å². The number of benzene rings is 1. The van der Waals surface area contributed by atoms with Crippen molar-refractivity contribution >= 4 is 11.9 Å². The zero-order chi connectivity index (χ0) is 18.1. The molecule has 0 bridgehead atoms. The first kappa shape index (κ1) is 19.1. The molecule has 2 rings (SSSR count). The van der Waals surface area contributed by atoms with E-state index in [9.17, 15) is 4.79 Å². The van der Waals surface area contributed by atoms with Crippen molar-refractivity contribution in [1.29, 1.82) is 0 Å². The van der Waals surface area contributed by atoms with E-state index >= 15 is 0 Å². The minimum Gasteiger partial charge on any atom is -0.490 e. The van der Waals surface area contributed by atoms with Gasteiger partial charge in [-0.2, -0.15) is 0 Å². The van der Waals surface area contributed by atoms with Crippen LogP contribution in [0.15, 0.2) is 35.3 Å². The van der Waals surface area contributed by atoms with E-state index in [1.807, 2.05) is 44.2 Å². The van der Waals surface area contributed by atoms with Crippen LogP contribution in [0.1, 0.15) is 33.1 Å². The number of hydrogen-bond acceptors (Lipinski definition) is 4. The van der Waals surface area contributed by atoms with Crippen molar-refractivity contribution in [3.8, 4) is 5.75 Å². The Kier molecular flexibility index (Phi) is 7.57. The Morgan fingerprint density at radius 1 is 1.28 bits per heavy atom. The lowest BCUT2D eigenvalue weighted by atomic mass is 10.1. The number of carbonyl (C=O) groups is 1. The van der Waals surface area contributed by atoms with Gasteiger partial charge in [0, 0.05) is 39.5 Å². The van der Waals surface area contributed by atoms with Crippen molar-refractivity contribution in [2.45, 2.75) is 45.3 Å². The molecule has 6 heteroatoms. The van der Waals surface area contributed by atoms with Crippen LogP contribution in [0.3, 0.4) is 0 Å². The quantitative estimate of drug-likeness (QED) is 0.486. The van der Waals surface area contributed by atoms with Crippen molar-refractivity contribution in [2.24, 2.45) is 4.99 Å². The molecule has 0 aromatic heterocycles. The van der Waals surface area contributed by atoms with Crippen LogP contribution in [0.2, 0.25) is 0 Å². The first-order valence-corrected chi connectivity index (χ1v) is 8.95. The second-order valence-electron chi connectivity index (χ2n) is 6.38. The van der Waals surface area contributed by atoms with Crippen LogP contribution in [0.4, 0.5) is 0 Å². The predicted octanol–water partition coefficient (Wildman–Crippen LogP) is 2.45. The Morgan fingerprint density at radius 2 is 1.96 bits per heavy atom. The molecule has 1 N–H and O–H groups in total. The van der Waals surface area contributed by atoms with E-state index < -0.39 is 0 Å². The van der Waals surface area contributed by atoms with Gasteiger partial charge in [-0.05, 0) is 26.0 Å². The molecule has 0 atom stereocenters. The van der Waals surface area contributed by atoms with Crippen molar-refractivity contribution in [3.63, 3.8) is 0 Å². The Balaban J connectivity index is 1.71.